The van der Waals surface area contributed by atoms with E-state index in [0.717, 1.165) is 60.9 Å². The lowest BCUT2D eigenvalue weighted by molar-refractivity contribution is 0.660. The quantitative estimate of drug-likeness (QED) is 0.181. The van der Waals surface area contributed by atoms with Crippen LogP contribution in [-0.2, 0) is 5.41 Å². The molecule has 12 rings (SSSR count). The summed E-state index contributed by atoms with van der Waals surface area (Å²) in [5, 5.41) is 6.87. The van der Waals surface area contributed by atoms with Gasteiger partial charge in [0, 0.05) is 58.5 Å². The predicted molar refractivity (Wildman–Crippen MR) is 232 cm³/mol. The highest BCUT2D eigenvalue weighted by atomic mass is 32.1. The number of thiophene rings is 1. The highest BCUT2D eigenvalue weighted by molar-refractivity contribution is 7.25. The average Bonchev–Trinajstić information content (AvgIpc) is 3.95. The minimum atomic E-state index is -0.135. The topological polar surface area (TPSA) is 29.5 Å². The molecule has 0 unspecified atom stereocenters. The summed E-state index contributed by atoms with van der Waals surface area (Å²) in [6.45, 7) is 4.68. The minimum Gasteiger partial charge on any atom is -0.456 e. The zero-order valence-corrected chi connectivity index (χ0v) is 31.1. The number of furan rings is 2. The van der Waals surface area contributed by atoms with Crippen LogP contribution in [0.4, 0.5) is 17.1 Å². The highest BCUT2D eigenvalue weighted by Gasteiger charge is 2.36. The van der Waals surface area contributed by atoms with E-state index in [4.69, 9.17) is 8.83 Å². The zero-order chi connectivity index (χ0) is 36.4. The molecule has 1 aliphatic carbocycles. The Hall–Kier alpha value is -6.62. The molecule has 55 heavy (non-hydrogen) atoms. The first kappa shape index (κ1) is 30.8. The third-order valence-electron chi connectivity index (χ3n) is 11.9. The van der Waals surface area contributed by atoms with E-state index >= 15 is 0 Å². The van der Waals surface area contributed by atoms with Crippen LogP contribution in [0.15, 0.2) is 173 Å². The second-order valence-corrected chi connectivity index (χ2v) is 16.4. The fraction of sp³-hybridized carbons (Fsp3) is 0.0588. The summed E-state index contributed by atoms with van der Waals surface area (Å²) < 4.78 is 15.9. The molecule has 0 amide bonds. The molecule has 3 heterocycles. The Labute approximate surface area is 321 Å². The van der Waals surface area contributed by atoms with E-state index in [2.05, 4.69) is 170 Å². The Bertz CT molecular complexity index is 3360. The molecule has 4 heteroatoms. The maximum absolute atomic E-state index is 6.90. The molecular weight excluding hydrogens is 691 g/mol. The van der Waals surface area contributed by atoms with E-state index in [1.165, 1.54) is 53.6 Å². The van der Waals surface area contributed by atoms with Crippen LogP contribution in [-0.4, -0.2) is 0 Å². The summed E-state index contributed by atoms with van der Waals surface area (Å²) in [5.74, 6) is 0. The van der Waals surface area contributed by atoms with Crippen molar-refractivity contribution in [2.45, 2.75) is 19.3 Å². The van der Waals surface area contributed by atoms with E-state index in [-0.39, 0.29) is 5.41 Å². The van der Waals surface area contributed by atoms with Gasteiger partial charge in [0.25, 0.3) is 0 Å². The molecule has 3 nitrogen and oxygen atoms in total. The number of fused-ring (bicyclic) bond motifs is 12. The zero-order valence-electron chi connectivity index (χ0n) is 30.3. The highest BCUT2D eigenvalue weighted by Crippen LogP contribution is 2.51. The monoisotopic (exact) mass is 723 g/mol. The van der Waals surface area contributed by atoms with E-state index in [1.807, 2.05) is 23.5 Å². The fourth-order valence-corrected chi connectivity index (χ4v) is 10.2. The van der Waals surface area contributed by atoms with E-state index in [0.29, 0.717) is 0 Å². The number of hydrogen-bond acceptors (Lipinski definition) is 4. The molecule has 0 bridgehead atoms. The van der Waals surface area contributed by atoms with Crippen molar-refractivity contribution in [1.82, 2.24) is 0 Å². The van der Waals surface area contributed by atoms with Crippen LogP contribution in [0.3, 0.4) is 0 Å². The lowest BCUT2D eigenvalue weighted by atomic mass is 9.82. The molecule has 0 N–H and O–H groups in total. The number of anilines is 3. The Morgan fingerprint density at radius 1 is 0.436 bits per heavy atom. The largest absolute Gasteiger partial charge is 0.456 e. The Morgan fingerprint density at radius 3 is 2.00 bits per heavy atom. The predicted octanol–water partition coefficient (Wildman–Crippen LogP) is 15.3. The van der Waals surface area contributed by atoms with Gasteiger partial charge >= 0.3 is 0 Å². The van der Waals surface area contributed by atoms with Gasteiger partial charge in [0.1, 0.15) is 16.7 Å². The van der Waals surface area contributed by atoms with Crippen LogP contribution in [0.5, 0.6) is 0 Å². The van der Waals surface area contributed by atoms with Crippen molar-refractivity contribution >= 4 is 92.4 Å². The third-order valence-corrected chi connectivity index (χ3v) is 13.0. The standard InChI is InChI=1S/C51H33NO2S/c1-51(2)42-14-6-3-10-34(42)35-24-23-33(27-43(35)51)52(32-21-18-30(19-22-32)31-20-25-49-41(26-31)37-12-5-8-17-48(37)55-49)44-15-9-13-38-40-29-46-39(28-47(40)54-50(38)44)36-11-4-7-16-45(36)53-46/h3-29H,1-2H3. The van der Waals surface area contributed by atoms with Gasteiger partial charge in [-0.05, 0) is 100 Å². The number of benzene rings is 8. The van der Waals surface area contributed by atoms with Gasteiger partial charge in [-0.15, -0.1) is 11.3 Å². The number of para-hydroxylation sites is 2. The number of rotatable bonds is 4. The van der Waals surface area contributed by atoms with Gasteiger partial charge in [0.05, 0.1) is 5.69 Å². The van der Waals surface area contributed by atoms with E-state index in [9.17, 15) is 0 Å². The smallest absolute Gasteiger partial charge is 0.159 e. The van der Waals surface area contributed by atoms with Crippen molar-refractivity contribution in [1.29, 1.82) is 0 Å². The van der Waals surface area contributed by atoms with E-state index in [1.54, 1.807) is 0 Å². The maximum atomic E-state index is 6.90. The van der Waals surface area contributed by atoms with Gasteiger partial charge in [-0.2, -0.15) is 0 Å². The normalized spacial score (nSPS) is 13.4. The summed E-state index contributed by atoms with van der Waals surface area (Å²) in [7, 11) is 0. The second kappa shape index (κ2) is 11.2. The van der Waals surface area contributed by atoms with Gasteiger partial charge in [-0.25, -0.2) is 0 Å². The van der Waals surface area contributed by atoms with Gasteiger partial charge < -0.3 is 13.7 Å². The van der Waals surface area contributed by atoms with E-state index < -0.39 is 0 Å². The van der Waals surface area contributed by atoms with Crippen LogP contribution in [0.2, 0.25) is 0 Å². The molecule has 0 spiro atoms. The lowest BCUT2D eigenvalue weighted by Crippen LogP contribution is -2.16. The van der Waals surface area contributed by atoms with Crippen molar-refractivity contribution in [3.63, 3.8) is 0 Å². The third kappa shape index (κ3) is 4.43. The summed E-state index contributed by atoms with van der Waals surface area (Å²) in [5.41, 5.74) is 14.1. The SMILES string of the molecule is CC1(C)c2ccccc2-c2ccc(N(c3ccc(-c4ccc5sc6ccccc6c5c4)cc3)c3cccc4c3oc3cc5c(cc34)oc3ccccc35)cc21. The minimum absolute atomic E-state index is 0.135. The van der Waals surface area contributed by atoms with Crippen molar-refractivity contribution in [2.75, 3.05) is 4.90 Å². The first-order valence-corrected chi connectivity index (χ1v) is 19.6. The van der Waals surface area contributed by atoms with Crippen LogP contribution in [0.1, 0.15) is 25.0 Å². The van der Waals surface area contributed by atoms with Crippen molar-refractivity contribution in [2.24, 2.45) is 0 Å². The molecule has 0 saturated carbocycles. The molecule has 11 aromatic rings. The van der Waals surface area contributed by atoms with Crippen LogP contribution < -0.4 is 4.90 Å². The van der Waals surface area contributed by atoms with Crippen LogP contribution in [0, 0.1) is 0 Å². The molecule has 0 fully saturated rings. The average molecular weight is 724 g/mol. The van der Waals surface area contributed by atoms with Gasteiger partial charge in [0.15, 0.2) is 5.58 Å². The van der Waals surface area contributed by atoms with Crippen molar-refractivity contribution in [3.05, 3.63) is 175 Å². The Balaban J connectivity index is 1.04. The molecule has 0 radical (unpaired) electrons. The van der Waals surface area contributed by atoms with Gasteiger partial charge in [-0.1, -0.05) is 111 Å². The van der Waals surface area contributed by atoms with Gasteiger partial charge in [-0.3, -0.25) is 0 Å². The number of hydrogen-bond donors (Lipinski definition) is 0. The summed E-state index contributed by atoms with van der Waals surface area (Å²) in [6, 6.07) is 59.3. The molecule has 0 aliphatic heterocycles. The molecule has 8 aromatic carbocycles. The maximum Gasteiger partial charge on any atom is 0.159 e. The first-order chi connectivity index (χ1) is 27.0. The molecular formula is C51H33NO2S. The number of nitrogens with zero attached hydrogens (tertiary/aromatic N) is 1. The molecule has 0 atom stereocenters. The van der Waals surface area contributed by atoms with Crippen LogP contribution in [0.25, 0.3) is 86.3 Å². The molecule has 260 valence electrons. The van der Waals surface area contributed by atoms with Crippen molar-refractivity contribution < 1.29 is 8.83 Å². The summed E-state index contributed by atoms with van der Waals surface area (Å²) >= 11 is 1.85. The first-order valence-electron chi connectivity index (χ1n) is 18.8. The Morgan fingerprint density at radius 2 is 1.11 bits per heavy atom. The summed E-state index contributed by atoms with van der Waals surface area (Å²) in [6.07, 6.45) is 0. The Kier molecular flexibility index (Phi) is 6.27. The van der Waals surface area contributed by atoms with Crippen LogP contribution >= 0.6 is 11.3 Å². The molecule has 1 aliphatic rings. The lowest BCUT2D eigenvalue weighted by Gasteiger charge is -2.28. The fourth-order valence-electron chi connectivity index (χ4n) is 9.14. The summed E-state index contributed by atoms with van der Waals surface area (Å²) in [4.78, 5) is 2.36. The van der Waals surface area contributed by atoms with Crippen molar-refractivity contribution in [3.8, 4) is 22.3 Å². The molecule has 3 aromatic heterocycles. The molecule has 0 saturated heterocycles. The van der Waals surface area contributed by atoms with Gasteiger partial charge in [0.2, 0.25) is 0 Å². The second-order valence-electron chi connectivity index (χ2n) is 15.3.